The molecule has 2 atom stereocenters. The zero-order valence-corrected chi connectivity index (χ0v) is 16.3. The standard InChI is InChI=1S/C19H34N4O3/c1-3-5-7-15-9-11-22(17(15)24)13-20-19(26)21-14-23-12-10-16(18(23)25)8-6-4-2/h15-16H,3-14H2,1-2H3,(H2,20,21,26). The second kappa shape index (κ2) is 10.4. The van der Waals surface area contributed by atoms with Gasteiger partial charge in [0.2, 0.25) is 11.8 Å². The molecule has 2 aliphatic rings. The molecular formula is C19H34N4O3. The third-order valence-electron chi connectivity index (χ3n) is 5.49. The van der Waals surface area contributed by atoms with Crippen LogP contribution in [0, 0.1) is 11.8 Å². The molecule has 7 heteroatoms. The Morgan fingerprint density at radius 3 is 1.69 bits per heavy atom. The minimum Gasteiger partial charge on any atom is -0.325 e. The molecule has 0 aliphatic carbocycles. The lowest BCUT2D eigenvalue weighted by atomic mass is 10.0. The molecule has 2 heterocycles. The molecule has 7 nitrogen and oxygen atoms in total. The van der Waals surface area contributed by atoms with Crippen LogP contribution in [0.15, 0.2) is 0 Å². The summed E-state index contributed by atoms with van der Waals surface area (Å²) in [7, 11) is 0. The number of unbranched alkanes of at least 4 members (excludes halogenated alkanes) is 2. The van der Waals surface area contributed by atoms with Gasteiger partial charge in [0.15, 0.2) is 0 Å². The largest absolute Gasteiger partial charge is 0.325 e. The number of carbonyl (C=O) groups is 3. The molecule has 0 spiro atoms. The van der Waals surface area contributed by atoms with E-state index in [0.717, 1.165) is 51.4 Å². The van der Waals surface area contributed by atoms with Crippen molar-refractivity contribution in [3.05, 3.63) is 0 Å². The second-order valence-electron chi connectivity index (χ2n) is 7.46. The number of urea groups is 1. The second-order valence-corrected chi connectivity index (χ2v) is 7.46. The quantitative estimate of drug-likeness (QED) is 0.622. The van der Waals surface area contributed by atoms with Gasteiger partial charge >= 0.3 is 6.03 Å². The average Bonchev–Trinajstić information content (AvgIpc) is 3.17. The SMILES string of the molecule is CCCCC1CCN(CNC(=O)NCN2CCC(CCCC)C2=O)C1=O. The van der Waals surface area contributed by atoms with Crippen molar-refractivity contribution >= 4 is 17.8 Å². The van der Waals surface area contributed by atoms with Crippen molar-refractivity contribution in [2.75, 3.05) is 26.4 Å². The van der Waals surface area contributed by atoms with E-state index in [4.69, 9.17) is 0 Å². The van der Waals surface area contributed by atoms with Crippen LogP contribution in [-0.4, -0.2) is 54.1 Å². The summed E-state index contributed by atoms with van der Waals surface area (Å²) in [4.78, 5) is 39.9. The topological polar surface area (TPSA) is 81.8 Å². The average molecular weight is 367 g/mol. The number of nitrogens with zero attached hydrogens (tertiary/aromatic N) is 2. The number of rotatable bonds is 10. The third-order valence-corrected chi connectivity index (χ3v) is 5.49. The van der Waals surface area contributed by atoms with E-state index in [2.05, 4.69) is 24.5 Å². The maximum Gasteiger partial charge on any atom is 0.317 e. The Balaban J connectivity index is 1.64. The Morgan fingerprint density at radius 2 is 1.31 bits per heavy atom. The van der Waals surface area contributed by atoms with Gasteiger partial charge in [-0.15, -0.1) is 0 Å². The first-order valence-electron chi connectivity index (χ1n) is 10.2. The lowest BCUT2D eigenvalue weighted by molar-refractivity contribution is -0.131. The summed E-state index contributed by atoms with van der Waals surface area (Å²) in [6, 6.07) is -0.334. The van der Waals surface area contributed by atoms with Gasteiger partial charge in [0.25, 0.3) is 0 Å². The molecule has 26 heavy (non-hydrogen) atoms. The minimum absolute atomic E-state index is 0.113. The molecule has 2 N–H and O–H groups in total. The Morgan fingerprint density at radius 1 is 0.885 bits per heavy atom. The first kappa shape index (κ1) is 20.5. The maximum absolute atomic E-state index is 12.3. The molecule has 0 aromatic carbocycles. The number of hydrogen-bond donors (Lipinski definition) is 2. The van der Waals surface area contributed by atoms with Crippen LogP contribution in [0.5, 0.6) is 0 Å². The highest BCUT2D eigenvalue weighted by molar-refractivity contribution is 5.82. The van der Waals surface area contributed by atoms with Crippen LogP contribution in [0.4, 0.5) is 4.79 Å². The lowest BCUT2D eigenvalue weighted by Gasteiger charge is -2.20. The Labute approximate surface area is 156 Å². The number of hydrogen-bond acceptors (Lipinski definition) is 3. The van der Waals surface area contributed by atoms with Crippen LogP contribution < -0.4 is 10.6 Å². The molecular weight excluding hydrogens is 332 g/mol. The summed E-state index contributed by atoms with van der Waals surface area (Å²) < 4.78 is 0. The molecule has 0 bridgehead atoms. The van der Waals surface area contributed by atoms with Crippen molar-refractivity contribution in [3.8, 4) is 0 Å². The molecule has 2 saturated heterocycles. The summed E-state index contributed by atoms with van der Waals surface area (Å²) in [5, 5.41) is 5.47. The van der Waals surface area contributed by atoms with Gasteiger partial charge in [0, 0.05) is 24.9 Å². The predicted molar refractivity (Wildman–Crippen MR) is 100 cm³/mol. The first-order chi connectivity index (χ1) is 12.6. The molecule has 0 aromatic heterocycles. The molecule has 2 rings (SSSR count). The zero-order valence-electron chi connectivity index (χ0n) is 16.3. The van der Waals surface area contributed by atoms with E-state index in [0.29, 0.717) is 13.1 Å². The highest BCUT2D eigenvalue weighted by Crippen LogP contribution is 2.23. The van der Waals surface area contributed by atoms with Crippen molar-refractivity contribution in [1.82, 2.24) is 20.4 Å². The van der Waals surface area contributed by atoms with E-state index in [1.54, 1.807) is 9.80 Å². The summed E-state index contributed by atoms with van der Waals surface area (Å²) >= 11 is 0. The van der Waals surface area contributed by atoms with Crippen molar-refractivity contribution in [2.24, 2.45) is 11.8 Å². The summed E-state index contributed by atoms with van der Waals surface area (Å²) in [6.45, 7) is 6.13. The normalized spacial score (nSPS) is 23.0. The molecule has 0 saturated carbocycles. The van der Waals surface area contributed by atoms with Crippen molar-refractivity contribution < 1.29 is 14.4 Å². The van der Waals surface area contributed by atoms with Gasteiger partial charge in [-0.1, -0.05) is 39.5 Å². The molecule has 0 aromatic rings. The van der Waals surface area contributed by atoms with E-state index in [1.807, 2.05) is 0 Å². The van der Waals surface area contributed by atoms with Gasteiger partial charge in [-0.3, -0.25) is 9.59 Å². The van der Waals surface area contributed by atoms with E-state index in [9.17, 15) is 14.4 Å². The summed E-state index contributed by atoms with van der Waals surface area (Å²) in [5.74, 6) is 0.517. The van der Waals surface area contributed by atoms with Gasteiger partial charge in [-0.25, -0.2) is 4.79 Å². The van der Waals surface area contributed by atoms with E-state index in [1.165, 1.54) is 0 Å². The molecule has 4 amide bonds. The fourth-order valence-electron chi connectivity index (χ4n) is 3.75. The molecule has 148 valence electrons. The molecule has 2 aliphatic heterocycles. The van der Waals surface area contributed by atoms with Crippen LogP contribution in [0.3, 0.4) is 0 Å². The fourth-order valence-corrected chi connectivity index (χ4v) is 3.75. The monoisotopic (exact) mass is 366 g/mol. The van der Waals surface area contributed by atoms with Gasteiger partial charge in [0.05, 0.1) is 13.3 Å². The summed E-state index contributed by atoms with van der Waals surface area (Å²) in [5.41, 5.74) is 0. The Kier molecular flexibility index (Phi) is 8.19. The number of carbonyl (C=O) groups excluding carboxylic acids is 3. The fraction of sp³-hybridized carbons (Fsp3) is 0.842. The van der Waals surface area contributed by atoms with Crippen LogP contribution in [0.25, 0.3) is 0 Å². The van der Waals surface area contributed by atoms with Crippen LogP contribution >= 0.6 is 0 Å². The van der Waals surface area contributed by atoms with Crippen molar-refractivity contribution in [3.63, 3.8) is 0 Å². The molecule has 2 fully saturated rings. The van der Waals surface area contributed by atoms with Gasteiger partial charge in [-0.05, 0) is 25.7 Å². The minimum atomic E-state index is -0.334. The smallest absolute Gasteiger partial charge is 0.317 e. The third kappa shape index (κ3) is 5.61. The van der Waals surface area contributed by atoms with E-state index in [-0.39, 0.29) is 43.0 Å². The molecule has 0 radical (unpaired) electrons. The van der Waals surface area contributed by atoms with Crippen molar-refractivity contribution in [2.45, 2.75) is 65.2 Å². The highest BCUT2D eigenvalue weighted by atomic mass is 16.2. The number of amides is 4. The Hall–Kier alpha value is -1.79. The summed E-state index contributed by atoms with van der Waals surface area (Å²) in [6.07, 6.45) is 7.97. The maximum atomic E-state index is 12.3. The van der Waals surface area contributed by atoms with E-state index < -0.39 is 0 Å². The van der Waals surface area contributed by atoms with Crippen LogP contribution in [0.1, 0.15) is 65.2 Å². The Bertz CT molecular complexity index is 455. The highest BCUT2D eigenvalue weighted by Gasteiger charge is 2.32. The van der Waals surface area contributed by atoms with Crippen LogP contribution in [0.2, 0.25) is 0 Å². The van der Waals surface area contributed by atoms with Gasteiger partial charge in [0.1, 0.15) is 0 Å². The van der Waals surface area contributed by atoms with Crippen molar-refractivity contribution in [1.29, 1.82) is 0 Å². The predicted octanol–water partition coefficient (Wildman–Crippen LogP) is 2.28. The number of nitrogens with one attached hydrogen (secondary N) is 2. The van der Waals surface area contributed by atoms with Crippen LogP contribution in [-0.2, 0) is 9.59 Å². The van der Waals surface area contributed by atoms with E-state index >= 15 is 0 Å². The van der Waals surface area contributed by atoms with Gasteiger partial charge in [-0.2, -0.15) is 0 Å². The van der Waals surface area contributed by atoms with Gasteiger partial charge < -0.3 is 20.4 Å². The first-order valence-corrected chi connectivity index (χ1v) is 10.2. The zero-order chi connectivity index (χ0) is 18.9. The number of likely N-dealkylation sites (tertiary alicyclic amines) is 2. The lowest BCUT2D eigenvalue weighted by Crippen LogP contribution is -2.47. The molecule has 2 unspecified atom stereocenters.